The molecule has 30 heavy (non-hydrogen) atoms. The second kappa shape index (κ2) is 8.76. The van der Waals surface area contributed by atoms with Gasteiger partial charge in [0.2, 0.25) is 15.8 Å². The Morgan fingerprint density at radius 2 is 1.70 bits per heavy atom. The summed E-state index contributed by atoms with van der Waals surface area (Å²) in [6.45, 7) is 1.45. The van der Waals surface area contributed by atoms with Crippen molar-refractivity contribution in [2.24, 2.45) is 0 Å². The van der Waals surface area contributed by atoms with Crippen molar-refractivity contribution in [2.45, 2.75) is 30.7 Å². The maximum absolute atomic E-state index is 12.7. The summed E-state index contributed by atoms with van der Waals surface area (Å²) < 4.78 is 32.1. The minimum Gasteiger partial charge on any atom is -0.344 e. The molecule has 1 aliphatic heterocycles. The highest BCUT2D eigenvalue weighted by Gasteiger charge is 2.26. The summed E-state index contributed by atoms with van der Waals surface area (Å²) in [6.07, 6.45) is 2.83. The highest BCUT2D eigenvalue weighted by atomic mass is 32.2. The number of amides is 1. The first-order valence-electron chi connectivity index (χ1n) is 9.80. The number of benzene rings is 2. The van der Waals surface area contributed by atoms with Crippen LogP contribution in [0.5, 0.6) is 0 Å². The fraction of sp³-hybridized carbons (Fsp3) is 0.286. The number of hydrogen-bond donors (Lipinski definition) is 1. The van der Waals surface area contributed by atoms with Crippen molar-refractivity contribution in [3.8, 4) is 11.4 Å². The number of nitrogens with one attached hydrogen (secondary N) is 1. The van der Waals surface area contributed by atoms with Crippen LogP contribution in [0, 0.1) is 0 Å². The largest absolute Gasteiger partial charge is 0.344 e. The van der Waals surface area contributed by atoms with Gasteiger partial charge in [0, 0.05) is 25.2 Å². The Morgan fingerprint density at radius 3 is 2.40 bits per heavy atom. The third-order valence-corrected chi connectivity index (χ3v) is 6.89. The van der Waals surface area contributed by atoms with Crippen LogP contribution < -0.4 is 5.32 Å². The Labute approximate surface area is 175 Å². The summed E-state index contributed by atoms with van der Waals surface area (Å²) in [5.41, 5.74) is 1.52. The number of hydrogen-bond acceptors (Lipinski definition) is 6. The predicted octanol–water partition coefficient (Wildman–Crippen LogP) is 2.84. The molecule has 0 aliphatic carbocycles. The van der Waals surface area contributed by atoms with E-state index in [-0.39, 0.29) is 16.6 Å². The third-order valence-electron chi connectivity index (χ3n) is 4.98. The van der Waals surface area contributed by atoms with Crippen molar-refractivity contribution in [1.29, 1.82) is 0 Å². The van der Waals surface area contributed by atoms with E-state index in [1.54, 1.807) is 12.1 Å². The minimum absolute atomic E-state index is 0.147. The van der Waals surface area contributed by atoms with Crippen LogP contribution >= 0.6 is 0 Å². The molecule has 2 aromatic carbocycles. The molecule has 8 nitrogen and oxygen atoms in total. The highest BCUT2D eigenvalue weighted by molar-refractivity contribution is 7.89. The molecule has 1 aliphatic rings. The van der Waals surface area contributed by atoms with Gasteiger partial charge in [-0.25, -0.2) is 8.42 Å². The molecule has 0 unspecified atom stereocenters. The van der Waals surface area contributed by atoms with E-state index in [1.165, 1.54) is 16.4 Å². The lowest BCUT2D eigenvalue weighted by Gasteiger charge is -2.25. The molecule has 4 rings (SSSR count). The van der Waals surface area contributed by atoms with E-state index in [2.05, 4.69) is 15.5 Å². The summed E-state index contributed by atoms with van der Waals surface area (Å²) in [6, 6.07) is 15.8. The number of sulfonamides is 1. The first-order valence-corrected chi connectivity index (χ1v) is 11.2. The second-order valence-corrected chi connectivity index (χ2v) is 9.02. The molecule has 0 bridgehead atoms. The van der Waals surface area contributed by atoms with Crippen molar-refractivity contribution in [1.82, 2.24) is 19.8 Å². The van der Waals surface area contributed by atoms with Gasteiger partial charge in [-0.3, -0.25) is 4.79 Å². The predicted molar refractivity (Wildman–Crippen MR) is 110 cm³/mol. The van der Waals surface area contributed by atoms with Gasteiger partial charge in [0.25, 0.3) is 0 Å². The maximum atomic E-state index is 12.7. The maximum Gasteiger partial charge on any atom is 0.316 e. The van der Waals surface area contributed by atoms with Crippen molar-refractivity contribution in [3.63, 3.8) is 0 Å². The van der Waals surface area contributed by atoms with E-state index in [4.69, 9.17) is 4.52 Å². The zero-order valence-electron chi connectivity index (χ0n) is 16.3. The van der Waals surface area contributed by atoms with E-state index in [0.29, 0.717) is 25.2 Å². The Balaban J connectivity index is 1.43. The molecule has 1 N–H and O–H groups in total. The average molecular weight is 426 g/mol. The van der Waals surface area contributed by atoms with Gasteiger partial charge in [-0.05, 0) is 42.7 Å². The first-order chi connectivity index (χ1) is 14.5. The monoisotopic (exact) mass is 426 g/mol. The second-order valence-electron chi connectivity index (χ2n) is 7.08. The van der Waals surface area contributed by atoms with Crippen LogP contribution in [0.3, 0.4) is 0 Å². The number of piperidine rings is 1. The Morgan fingerprint density at radius 1 is 1.00 bits per heavy atom. The van der Waals surface area contributed by atoms with Crippen LogP contribution in [0.1, 0.15) is 35.5 Å². The molecular formula is C21H22N4O4S. The molecule has 1 amide bonds. The van der Waals surface area contributed by atoms with Crippen LogP contribution in [-0.4, -0.2) is 41.9 Å². The molecule has 3 aromatic rings. The first kappa shape index (κ1) is 20.2. The summed E-state index contributed by atoms with van der Waals surface area (Å²) >= 11 is 0. The van der Waals surface area contributed by atoms with E-state index >= 15 is 0 Å². The van der Waals surface area contributed by atoms with Crippen molar-refractivity contribution in [2.75, 3.05) is 13.1 Å². The zero-order valence-corrected chi connectivity index (χ0v) is 17.1. The van der Waals surface area contributed by atoms with E-state index < -0.39 is 15.9 Å². The zero-order chi connectivity index (χ0) is 21.0. The van der Waals surface area contributed by atoms with Gasteiger partial charge in [-0.1, -0.05) is 41.9 Å². The SMILES string of the molecule is O=C(NCc1ccccc1)c1nc(-c2ccc(S(=O)(=O)N3CCCCC3)cc2)no1. The van der Waals surface area contributed by atoms with Gasteiger partial charge >= 0.3 is 11.8 Å². The lowest BCUT2D eigenvalue weighted by Crippen LogP contribution is -2.35. The molecule has 0 radical (unpaired) electrons. The van der Waals surface area contributed by atoms with Crippen molar-refractivity contribution in [3.05, 3.63) is 66.1 Å². The van der Waals surface area contributed by atoms with Gasteiger partial charge in [0.05, 0.1) is 4.90 Å². The molecule has 0 saturated carbocycles. The Hall–Kier alpha value is -3.04. The van der Waals surface area contributed by atoms with Crippen molar-refractivity contribution < 1.29 is 17.7 Å². The molecule has 156 valence electrons. The van der Waals surface area contributed by atoms with Gasteiger partial charge in [-0.15, -0.1) is 0 Å². The Kier molecular flexibility index (Phi) is 5.91. The Bertz CT molecular complexity index is 1110. The van der Waals surface area contributed by atoms with Crippen LogP contribution in [-0.2, 0) is 16.6 Å². The molecule has 0 atom stereocenters. The topological polar surface area (TPSA) is 105 Å². The van der Waals surface area contributed by atoms with Gasteiger partial charge in [0.15, 0.2) is 0 Å². The lowest BCUT2D eigenvalue weighted by atomic mass is 10.2. The standard InChI is InChI=1S/C21H22N4O4S/c26-20(22-15-16-7-3-1-4-8-16)21-23-19(24-29-21)17-9-11-18(12-10-17)30(27,28)25-13-5-2-6-14-25/h1,3-4,7-12H,2,5-6,13-15H2,(H,22,26). The number of nitrogens with zero attached hydrogens (tertiary/aromatic N) is 3. The number of rotatable bonds is 6. The van der Waals surface area contributed by atoms with Crippen LogP contribution in [0.4, 0.5) is 0 Å². The molecular weight excluding hydrogens is 404 g/mol. The molecule has 1 fully saturated rings. The van der Waals surface area contributed by atoms with E-state index in [9.17, 15) is 13.2 Å². The normalized spacial score (nSPS) is 15.1. The number of carbonyl (C=O) groups excluding carboxylic acids is 1. The molecule has 1 aromatic heterocycles. The minimum atomic E-state index is -3.50. The van der Waals surface area contributed by atoms with Gasteiger partial charge in [0.1, 0.15) is 0 Å². The van der Waals surface area contributed by atoms with Gasteiger partial charge in [-0.2, -0.15) is 9.29 Å². The van der Waals surface area contributed by atoms with Crippen LogP contribution in [0.15, 0.2) is 64.0 Å². The fourth-order valence-electron chi connectivity index (χ4n) is 3.32. The smallest absolute Gasteiger partial charge is 0.316 e. The molecule has 2 heterocycles. The number of aromatic nitrogens is 2. The van der Waals surface area contributed by atoms with E-state index in [1.807, 2.05) is 30.3 Å². The molecule has 0 spiro atoms. The summed E-state index contributed by atoms with van der Waals surface area (Å²) in [7, 11) is -3.50. The molecule has 1 saturated heterocycles. The highest BCUT2D eigenvalue weighted by Crippen LogP contribution is 2.23. The van der Waals surface area contributed by atoms with Crippen molar-refractivity contribution >= 4 is 15.9 Å². The lowest BCUT2D eigenvalue weighted by molar-refractivity contribution is 0.0907. The van der Waals surface area contributed by atoms with Crippen LogP contribution in [0.25, 0.3) is 11.4 Å². The average Bonchev–Trinajstić information content (AvgIpc) is 3.29. The van der Waals surface area contributed by atoms with Gasteiger partial charge < -0.3 is 9.84 Å². The third kappa shape index (κ3) is 4.42. The summed E-state index contributed by atoms with van der Waals surface area (Å²) in [4.78, 5) is 16.6. The number of carbonyl (C=O) groups is 1. The summed E-state index contributed by atoms with van der Waals surface area (Å²) in [5, 5.41) is 6.56. The summed E-state index contributed by atoms with van der Waals surface area (Å²) in [5.74, 6) is -0.394. The quantitative estimate of drug-likeness (QED) is 0.650. The van der Waals surface area contributed by atoms with E-state index in [0.717, 1.165) is 24.8 Å². The van der Waals surface area contributed by atoms with Crippen LogP contribution in [0.2, 0.25) is 0 Å². The molecule has 9 heteroatoms. The fourth-order valence-corrected chi connectivity index (χ4v) is 4.83.